The van der Waals surface area contributed by atoms with E-state index >= 15 is 0 Å². The average Bonchev–Trinajstić information content (AvgIpc) is 2.65. The Morgan fingerprint density at radius 1 is 1.41 bits per heavy atom. The van der Waals surface area contributed by atoms with Crippen LogP contribution in [0.3, 0.4) is 0 Å². The van der Waals surface area contributed by atoms with Gasteiger partial charge in [0.15, 0.2) is 5.78 Å². The van der Waals surface area contributed by atoms with Gasteiger partial charge in [-0.1, -0.05) is 0 Å². The fraction of sp³-hybridized carbons (Fsp3) is 0.364. The number of hydrogen-bond donors (Lipinski definition) is 2. The Kier molecular flexibility index (Phi) is 3.08. The number of ether oxygens (including phenoxy) is 1. The van der Waals surface area contributed by atoms with Gasteiger partial charge in [-0.3, -0.25) is 4.79 Å². The molecule has 0 bridgehead atoms. The van der Waals surface area contributed by atoms with Crippen LogP contribution in [0.1, 0.15) is 18.1 Å². The summed E-state index contributed by atoms with van der Waals surface area (Å²) in [4.78, 5) is 11.3. The molecule has 1 fully saturated rings. The highest BCUT2D eigenvalue weighted by Crippen LogP contribution is 2.33. The van der Waals surface area contributed by atoms with Crippen LogP contribution in [0, 0.1) is 11.6 Å². The minimum Gasteiger partial charge on any atom is -0.396 e. The second-order valence-corrected chi connectivity index (χ2v) is 3.86. The monoisotopic (exact) mass is 243 g/mol. The Morgan fingerprint density at radius 3 is 2.71 bits per heavy atom. The van der Waals surface area contributed by atoms with Gasteiger partial charge < -0.3 is 15.6 Å². The van der Waals surface area contributed by atoms with Gasteiger partial charge in [0.05, 0.1) is 18.4 Å². The molecular weight excluding hydrogens is 232 g/mol. The summed E-state index contributed by atoms with van der Waals surface area (Å²) in [5.74, 6) is -1.81. The first-order valence-corrected chi connectivity index (χ1v) is 5.06. The Labute approximate surface area is 96.0 Å². The van der Waals surface area contributed by atoms with Crippen molar-refractivity contribution >= 4 is 11.5 Å². The van der Waals surface area contributed by atoms with Crippen LogP contribution >= 0.6 is 0 Å². The van der Waals surface area contributed by atoms with Crippen molar-refractivity contribution in [2.45, 2.75) is 18.6 Å². The maximum Gasteiger partial charge on any atom is 0.166 e. The summed E-state index contributed by atoms with van der Waals surface area (Å²) < 4.78 is 31.9. The highest BCUT2D eigenvalue weighted by atomic mass is 19.1. The maximum absolute atomic E-state index is 13.5. The van der Waals surface area contributed by atoms with Crippen molar-refractivity contribution in [3.05, 3.63) is 29.3 Å². The summed E-state index contributed by atoms with van der Waals surface area (Å²) in [6, 6.07) is 1.77. The van der Waals surface area contributed by atoms with E-state index < -0.39 is 30.4 Å². The molecule has 0 aromatic heterocycles. The third-order valence-corrected chi connectivity index (χ3v) is 2.70. The maximum atomic E-state index is 13.5. The number of Topliss-reactive ketones (excluding diaryl/α,β-unsaturated/α-hetero) is 1. The molecule has 0 spiro atoms. The summed E-state index contributed by atoms with van der Waals surface area (Å²) >= 11 is 0. The predicted molar refractivity (Wildman–Crippen MR) is 55.1 cm³/mol. The minimum absolute atomic E-state index is 0.0546. The molecule has 1 aromatic carbocycles. The quantitative estimate of drug-likeness (QED) is 0.758. The molecule has 17 heavy (non-hydrogen) atoms. The zero-order valence-corrected chi connectivity index (χ0v) is 8.82. The van der Waals surface area contributed by atoms with Gasteiger partial charge in [-0.25, -0.2) is 8.78 Å². The van der Waals surface area contributed by atoms with Gasteiger partial charge >= 0.3 is 0 Å². The van der Waals surface area contributed by atoms with Crippen LogP contribution in [0.5, 0.6) is 0 Å². The van der Waals surface area contributed by atoms with Crippen LogP contribution in [-0.4, -0.2) is 23.6 Å². The van der Waals surface area contributed by atoms with E-state index in [9.17, 15) is 13.6 Å². The van der Waals surface area contributed by atoms with Gasteiger partial charge in [-0.2, -0.15) is 0 Å². The zero-order chi connectivity index (χ0) is 12.6. The second-order valence-electron chi connectivity index (χ2n) is 3.86. The van der Waals surface area contributed by atoms with Crippen molar-refractivity contribution < 1.29 is 23.4 Å². The largest absolute Gasteiger partial charge is 0.396 e. The predicted octanol–water partition coefficient (Wildman–Crippen LogP) is 0.938. The standard InChI is InChI=1S/C11H11F2NO3/c12-6-2-8(14)7(13)1-5(6)10-3-9(16)11(4-15)17-10/h1-2,10-11,15H,3-4,14H2/t10-,11-/m1/s1. The van der Waals surface area contributed by atoms with Crippen LogP contribution in [-0.2, 0) is 9.53 Å². The number of benzene rings is 1. The number of carbonyl (C=O) groups is 1. The third kappa shape index (κ3) is 2.13. The average molecular weight is 243 g/mol. The zero-order valence-electron chi connectivity index (χ0n) is 8.82. The molecule has 1 heterocycles. The van der Waals surface area contributed by atoms with Gasteiger partial charge in [-0.15, -0.1) is 0 Å². The molecule has 4 nitrogen and oxygen atoms in total. The van der Waals surface area contributed by atoms with Crippen LogP contribution in [0.2, 0.25) is 0 Å². The second kappa shape index (κ2) is 4.38. The van der Waals surface area contributed by atoms with Gasteiger partial charge in [-0.05, 0) is 6.07 Å². The number of rotatable bonds is 2. The van der Waals surface area contributed by atoms with E-state index in [0.717, 1.165) is 12.1 Å². The van der Waals surface area contributed by atoms with Crippen molar-refractivity contribution in [3.8, 4) is 0 Å². The van der Waals surface area contributed by atoms with Crippen molar-refractivity contribution in [2.24, 2.45) is 0 Å². The highest BCUT2D eigenvalue weighted by molar-refractivity contribution is 5.85. The van der Waals surface area contributed by atoms with Crippen LogP contribution in [0.25, 0.3) is 0 Å². The molecule has 6 heteroatoms. The molecule has 1 aromatic rings. The molecule has 1 aliphatic rings. The van der Waals surface area contributed by atoms with Crippen molar-refractivity contribution in [2.75, 3.05) is 12.3 Å². The number of aliphatic hydroxyl groups excluding tert-OH is 1. The number of halogens is 2. The third-order valence-electron chi connectivity index (χ3n) is 2.70. The number of anilines is 1. The number of ketones is 1. The number of carbonyl (C=O) groups excluding carboxylic acids is 1. The van der Waals surface area contributed by atoms with E-state index in [1.54, 1.807) is 0 Å². The lowest BCUT2D eigenvalue weighted by Gasteiger charge is -2.12. The summed E-state index contributed by atoms with van der Waals surface area (Å²) in [6.45, 7) is -0.464. The molecule has 0 saturated carbocycles. The van der Waals surface area contributed by atoms with Gasteiger partial charge in [0.1, 0.15) is 17.7 Å². The lowest BCUT2D eigenvalue weighted by atomic mass is 10.0. The number of hydrogen-bond acceptors (Lipinski definition) is 4. The smallest absolute Gasteiger partial charge is 0.166 e. The summed E-state index contributed by atoms with van der Waals surface area (Å²) in [6.07, 6.45) is -1.90. The SMILES string of the molecule is Nc1cc(F)c([C@H]2CC(=O)[C@@H](CO)O2)cc1F. The van der Waals surface area contributed by atoms with Gasteiger partial charge in [0, 0.05) is 18.1 Å². The Balaban J connectivity index is 2.30. The minimum atomic E-state index is -0.958. The number of nitrogens with two attached hydrogens (primary N) is 1. The lowest BCUT2D eigenvalue weighted by Crippen LogP contribution is -2.19. The van der Waals surface area contributed by atoms with Crippen molar-refractivity contribution in [3.63, 3.8) is 0 Å². The van der Waals surface area contributed by atoms with Crippen LogP contribution in [0.4, 0.5) is 14.5 Å². The first-order chi connectivity index (χ1) is 8.02. The molecule has 0 aliphatic carbocycles. The van der Waals surface area contributed by atoms with Gasteiger partial charge in [0.25, 0.3) is 0 Å². The molecule has 3 N–H and O–H groups in total. The number of nitrogen functional groups attached to an aromatic ring is 1. The lowest BCUT2D eigenvalue weighted by molar-refractivity contribution is -0.124. The summed E-state index contributed by atoms with van der Waals surface area (Å²) in [5.41, 5.74) is 4.85. The topological polar surface area (TPSA) is 72.6 Å². The van der Waals surface area contributed by atoms with Gasteiger partial charge in [0.2, 0.25) is 0 Å². The van der Waals surface area contributed by atoms with E-state index in [-0.39, 0.29) is 23.5 Å². The normalized spacial score (nSPS) is 24.3. The summed E-state index contributed by atoms with van der Waals surface area (Å²) in [5, 5.41) is 8.84. The first-order valence-electron chi connectivity index (χ1n) is 5.06. The Bertz CT molecular complexity index is 464. The fourth-order valence-corrected chi connectivity index (χ4v) is 1.79. The molecule has 92 valence electrons. The molecule has 2 atom stereocenters. The van der Waals surface area contributed by atoms with Crippen molar-refractivity contribution in [1.82, 2.24) is 0 Å². The Morgan fingerprint density at radius 2 is 2.12 bits per heavy atom. The summed E-state index contributed by atoms with van der Waals surface area (Å²) in [7, 11) is 0. The van der Waals surface area contributed by atoms with Crippen molar-refractivity contribution in [1.29, 1.82) is 0 Å². The van der Waals surface area contributed by atoms with Crippen LogP contribution in [0.15, 0.2) is 12.1 Å². The molecule has 0 unspecified atom stereocenters. The van der Waals surface area contributed by atoms with E-state index in [0.29, 0.717) is 0 Å². The van der Waals surface area contributed by atoms with E-state index in [2.05, 4.69) is 0 Å². The van der Waals surface area contributed by atoms with E-state index in [1.807, 2.05) is 0 Å². The molecule has 1 saturated heterocycles. The molecule has 1 aliphatic heterocycles. The van der Waals surface area contributed by atoms with Crippen LogP contribution < -0.4 is 5.73 Å². The molecule has 0 amide bonds. The first kappa shape index (κ1) is 11.9. The van der Waals surface area contributed by atoms with E-state index in [1.165, 1.54) is 0 Å². The Hall–Kier alpha value is -1.53. The highest BCUT2D eigenvalue weighted by Gasteiger charge is 2.35. The number of aliphatic hydroxyl groups is 1. The molecule has 0 radical (unpaired) electrons. The molecular formula is C11H11F2NO3. The van der Waals surface area contributed by atoms with E-state index in [4.69, 9.17) is 15.6 Å². The fourth-order valence-electron chi connectivity index (χ4n) is 1.79. The molecule has 2 rings (SSSR count).